The van der Waals surface area contributed by atoms with Crippen LogP contribution >= 0.6 is 36.6 Å². The van der Waals surface area contributed by atoms with Crippen molar-refractivity contribution in [3.8, 4) is 0 Å². The van der Waals surface area contributed by atoms with Crippen LogP contribution in [-0.2, 0) is 4.79 Å². The maximum absolute atomic E-state index is 13.2. The number of carbonyl (C=O) groups is 1. The van der Waals surface area contributed by atoms with E-state index in [-0.39, 0.29) is 36.8 Å². The molecule has 3 heterocycles. The third-order valence-electron chi connectivity index (χ3n) is 5.59. The zero-order valence-electron chi connectivity index (χ0n) is 14.9. The van der Waals surface area contributed by atoms with Crippen molar-refractivity contribution in [2.24, 2.45) is 0 Å². The molecule has 1 aromatic carbocycles. The number of amides is 1. The van der Waals surface area contributed by atoms with Crippen molar-refractivity contribution < 1.29 is 4.79 Å². The Hall–Kier alpha value is -0.460. The highest BCUT2D eigenvalue weighted by atomic mass is 35.5. The van der Waals surface area contributed by atoms with Crippen LogP contribution in [-0.4, -0.2) is 53.5 Å². The van der Waals surface area contributed by atoms with Gasteiger partial charge in [-0.15, -0.1) is 24.8 Å². The van der Waals surface area contributed by atoms with Gasteiger partial charge in [0.15, 0.2) is 0 Å². The predicted octanol–water partition coefficient (Wildman–Crippen LogP) is 3.02. The maximum atomic E-state index is 13.2. The lowest BCUT2D eigenvalue weighted by Crippen LogP contribution is -2.51. The average Bonchev–Trinajstić information content (AvgIpc) is 2.95. The van der Waals surface area contributed by atoms with Crippen molar-refractivity contribution >= 4 is 42.5 Å². The van der Waals surface area contributed by atoms with E-state index >= 15 is 0 Å². The van der Waals surface area contributed by atoms with Gasteiger partial charge in [-0.05, 0) is 31.2 Å². The van der Waals surface area contributed by atoms with Crippen molar-refractivity contribution in [1.29, 1.82) is 0 Å². The number of halogens is 2. The molecule has 0 saturated carbocycles. The molecule has 0 aliphatic carbocycles. The molecule has 4 rings (SSSR count). The largest absolute Gasteiger partial charge is 0.352 e. The van der Waals surface area contributed by atoms with Crippen LogP contribution in [0, 0.1) is 0 Å². The zero-order chi connectivity index (χ0) is 16.4. The fraction of sp³-hybridized carbons (Fsp3) is 0.632. The summed E-state index contributed by atoms with van der Waals surface area (Å²) in [6.45, 7) is 1.99. The van der Waals surface area contributed by atoms with Crippen molar-refractivity contribution in [3.63, 3.8) is 0 Å². The van der Waals surface area contributed by atoms with E-state index in [0.717, 1.165) is 43.0 Å². The Morgan fingerprint density at radius 1 is 1.08 bits per heavy atom. The molecule has 3 atom stereocenters. The second-order valence-corrected chi connectivity index (χ2v) is 8.50. The molecular formula is C19H29Cl2N3OS. The average molecular weight is 418 g/mol. The summed E-state index contributed by atoms with van der Waals surface area (Å²) in [5.41, 5.74) is 1.12. The lowest BCUT2D eigenvalue weighted by Gasteiger charge is -2.36. The quantitative estimate of drug-likeness (QED) is 0.789. The molecule has 3 unspecified atom stereocenters. The van der Waals surface area contributed by atoms with Crippen LogP contribution in [0.2, 0.25) is 0 Å². The Balaban J connectivity index is 0.00000121. The fourth-order valence-electron chi connectivity index (χ4n) is 4.45. The number of benzene rings is 1. The number of hydrogen-bond acceptors (Lipinski definition) is 4. The van der Waals surface area contributed by atoms with Crippen molar-refractivity contribution in [3.05, 3.63) is 35.9 Å². The summed E-state index contributed by atoms with van der Waals surface area (Å²) in [6.07, 6.45) is 4.70. The molecule has 3 fully saturated rings. The number of carbonyl (C=O) groups excluding carboxylic acids is 1. The van der Waals surface area contributed by atoms with Gasteiger partial charge in [0, 0.05) is 42.7 Å². The van der Waals surface area contributed by atoms with Gasteiger partial charge in [-0.25, -0.2) is 0 Å². The van der Waals surface area contributed by atoms with Gasteiger partial charge in [0.05, 0.1) is 0 Å². The molecular weight excluding hydrogens is 389 g/mol. The number of rotatable bonds is 4. The summed E-state index contributed by atoms with van der Waals surface area (Å²) in [6, 6.07) is 11.7. The number of thioether (sulfide) groups is 1. The molecule has 1 aromatic rings. The SMILES string of the molecule is Cl.Cl.O=C(NC1CC2CCC(C1)N2)C(c1ccccc1)N1CCSCC1. The minimum Gasteiger partial charge on any atom is -0.352 e. The van der Waals surface area contributed by atoms with Gasteiger partial charge < -0.3 is 10.6 Å². The van der Waals surface area contributed by atoms with Gasteiger partial charge >= 0.3 is 0 Å². The first kappa shape index (κ1) is 21.8. The van der Waals surface area contributed by atoms with E-state index in [1.54, 1.807) is 0 Å². The summed E-state index contributed by atoms with van der Waals surface area (Å²) in [5, 5.41) is 7.04. The molecule has 2 bridgehead atoms. The number of hydrogen-bond donors (Lipinski definition) is 2. The van der Waals surface area contributed by atoms with Gasteiger partial charge in [-0.1, -0.05) is 30.3 Å². The molecule has 1 amide bonds. The summed E-state index contributed by atoms with van der Waals surface area (Å²) < 4.78 is 0. The Morgan fingerprint density at radius 3 is 2.31 bits per heavy atom. The lowest BCUT2D eigenvalue weighted by molar-refractivity contribution is -0.127. The molecule has 3 aliphatic heterocycles. The van der Waals surface area contributed by atoms with Gasteiger partial charge in [0.25, 0.3) is 0 Å². The number of piperidine rings is 1. The van der Waals surface area contributed by atoms with Gasteiger partial charge in [0.1, 0.15) is 6.04 Å². The normalized spacial score (nSPS) is 29.2. The van der Waals surface area contributed by atoms with E-state index in [0.29, 0.717) is 18.1 Å². The molecule has 26 heavy (non-hydrogen) atoms. The summed E-state index contributed by atoms with van der Waals surface area (Å²) in [4.78, 5) is 15.5. The van der Waals surface area contributed by atoms with Crippen molar-refractivity contribution in [2.45, 2.75) is 49.9 Å². The minimum atomic E-state index is -0.139. The van der Waals surface area contributed by atoms with E-state index < -0.39 is 0 Å². The highest BCUT2D eigenvalue weighted by molar-refractivity contribution is 7.99. The smallest absolute Gasteiger partial charge is 0.242 e. The van der Waals surface area contributed by atoms with E-state index in [4.69, 9.17) is 0 Å². The summed E-state index contributed by atoms with van der Waals surface area (Å²) in [5.74, 6) is 2.43. The Morgan fingerprint density at radius 2 is 1.69 bits per heavy atom. The predicted molar refractivity (Wildman–Crippen MR) is 114 cm³/mol. The third kappa shape index (κ3) is 5.08. The highest BCUT2D eigenvalue weighted by Crippen LogP contribution is 2.29. The summed E-state index contributed by atoms with van der Waals surface area (Å²) in [7, 11) is 0. The minimum absolute atomic E-state index is 0. The number of fused-ring (bicyclic) bond motifs is 2. The first-order chi connectivity index (χ1) is 11.8. The number of nitrogens with one attached hydrogen (secondary N) is 2. The molecule has 0 radical (unpaired) electrons. The van der Waals surface area contributed by atoms with E-state index in [1.165, 1.54) is 12.8 Å². The first-order valence-electron chi connectivity index (χ1n) is 9.23. The monoisotopic (exact) mass is 417 g/mol. The Bertz CT molecular complexity index is 559. The van der Waals surface area contributed by atoms with Gasteiger partial charge in [-0.2, -0.15) is 11.8 Å². The molecule has 0 aromatic heterocycles. The van der Waals surface area contributed by atoms with Gasteiger partial charge in [-0.3, -0.25) is 9.69 Å². The third-order valence-corrected chi connectivity index (χ3v) is 6.54. The second kappa shape index (κ2) is 10.2. The van der Waals surface area contributed by atoms with E-state index in [1.807, 2.05) is 30.0 Å². The number of nitrogens with zero attached hydrogens (tertiary/aromatic N) is 1. The molecule has 2 N–H and O–H groups in total. The highest BCUT2D eigenvalue weighted by Gasteiger charge is 2.36. The fourth-order valence-corrected chi connectivity index (χ4v) is 5.39. The molecule has 3 saturated heterocycles. The second-order valence-electron chi connectivity index (χ2n) is 7.28. The van der Waals surface area contributed by atoms with E-state index in [9.17, 15) is 4.79 Å². The van der Waals surface area contributed by atoms with Crippen molar-refractivity contribution in [2.75, 3.05) is 24.6 Å². The van der Waals surface area contributed by atoms with Crippen LogP contribution in [0.25, 0.3) is 0 Å². The lowest BCUT2D eigenvalue weighted by atomic mass is 9.98. The standard InChI is InChI=1S/C19H27N3OS.2ClH/c23-19(21-17-12-15-6-7-16(13-17)20-15)18(14-4-2-1-3-5-14)22-8-10-24-11-9-22;;/h1-5,15-18,20H,6-13H2,(H,21,23);2*1H. The topological polar surface area (TPSA) is 44.4 Å². The van der Waals surface area contributed by atoms with Crippen LogP contribution in [0.15, 0.2) is 30.3 Å². The van der Waals surface area contributed by atoms with Crippen LogP contribution in [0.4, 0.5) is 0 Å². The molecule has 7 heteroatoms. The Labute approximate surface area is 173 Å². The Kier molecular flexibility index (Phi) is 8.55. The molecule has 3 aliphatic rings. The van der Waals surface area contributed by atoms with Crippen LogP contribution < -0.4 is 10.6 Å². The van der Waals surface area contributed by atoms with Crippen LogP contribution in [0.3, 0.4) is 0 Å². The van der Waals surface area contributed by atoms with Crippen LogP contribution in [0.1, 0.15) is 37.3 Å². The molecule has 146 valence electrons. The van der Waals surface area contributed by atoms with E-state index in [2.05, 4.69) is 27.7 Å². The van der Waals surface area contributed by atoms with Crippen molar-refractivity contribution in [1.82, 2.24) is 15.5 Å². The molecule has 4 nitrogen and oxygen atoms in total. The first-order valence-corrected chi connectivity index (χ1v) is 10.4. The molecule has 0 spiro atoms. The van der Waals surface area contributed by atoms with Crippen LogP contribution in [0.5, 0.6) is 0 Å². The van der Waals surface area contributed by atoms with Gasteiger partial charge in [0.2, 0.25) is 5.91 Å². The zero-order valence-corrected chi connectivity index (χ0v) is 17.4. The maximum Gasteiger partial charge on any atom is 0.242 e. The summed E-state index contributed by atoms with van der Waals surface area (Å²) >= 11 is 1.99.